The Labute approximate surface area is 118 Å². The Hall–Kier alpha value is -1.73. The van der Waals surface area contributed by atoms with Crippen LogP contribution in [0.2, 0.25) is 5.02 Å². The van der Waals surface area contributed by atoms with Crippen molar-refractivity contribution < 1.29 is 21.6 Å². The molecule has 106 valence electrons. The fraction of sp³-hybridized carbons (Fsp3) is 0. The van der Waals surface area contributed by atoms with Crippen molar-refractivity contribution in [1.29, 1.82) is 0 Å². The third-order valence-corrected chi connectivity index (χ3v) is 4.00. The molecule has 0 aliphatic heterocycles. The second kappa shape index (κ2) is 5.34. The average molecular weight is 322 g/mol. The molecule has 0 unspecified atom stereocenters. The van der Waals surface area contributed by atoms with Gasteiger partial charge < -0.3 is 0 Å². The molecule has 0 fully saturated rings. The lowest BCUT2D eigenvalue weighted by atomic mass is 10.3. The van der Waals surface area contributed by atoms with Gasteiger partial charge in [-0.15, -0.1) is 0 Å². The van der Waals surface area contributed by atoms with E-state index >= 15 is 0 Å². The SMILES string of the molecule is O=S(=O)(Nc1ccc(F)c(F)c1)c1ccc(Cl)cc1F. The van der Waals surface area contributed by atoms with Gasteiger partial charge in [-0.2, -0.15) is 0 Å². The number of hydrogen-bond donors (Lipinski definition) is 1. The predicted octanol–water partition coefficient (Wildman–Crippen LogP) is 3.56. The maximum Gasteiger partial charge on any atom is 0.264 e. The van der Waals surface area contributed by atoms with Crippen LogP contribution in [0.15, 0.2) is 41.3 Å². The van der Waals surface area contributed by atoms with E-state index in [1.54, 1.807) is 0 Å². The Kier molecular flexibility index (Phi) is 3.92. The van der Waals surface area contributed by atoms with E-state index in [-0.39, 0.29) is 10.7 Å². The average Bonchev–Trinajstić information content (AvgIpc) is 2.33. The fourth-order valence-corrected chi connectivity index (χ4v) is 2.73. The van der Waals surface area contributed by atoms with E-state index in [1.807, 2.05) is 4.72 Å². The maximum absolute atomic E-state index is 13.6. The second-order valence-electron chi connectivity index (χ2n) is 3.81. The van der Waals surface area contributed by atoms with E-state index in [1.165, 1.54) is 6.07 Å². The van der Waals surface area contributed by atoms with E-state index in [9.17, 15) is 21.6 Å². The monoisotopic (exact) mass is 321 g/mol. The molecule has 0 bridgehead atoms. The van der Waals surface area contributed by atoms with Crippen molar-refractivity contribution in [2.45, 2.75) is 4.90 Å². The molecule has 0 spiro atoms. The minimum absolute atomic E-state index is 0.0364. The highest BCUT2D eigenvalue weighted by molar-refractivity contribution is 7.92. The van der Waals surface area contributed by atoms with Crippen molar-refractivity contribution in [2.24, 2.45) is 0 Å². The molecule has 20 heavy (non-hydrogen) atoms. The molecule has 1 N–H and O–H groups in total. The summed E-state index contributed by atoms with van der Waals surface area (Å²) in [6.45, 7) is 0. The molecular weight excluding hydrogens is 315 g/mol. The van der Waals surface area contributed by atoms with E-state index in [0.717, 1.165) is 24.3 Å². The lowest BCUT2D eigenvalue weighted by molar-refractivity contribution is 0.509. The molecule has 0 aliphatic carbocycles. The van der Waals surface area contributed by atoms with Crippen molar-refractivity contribution >= 4 is 27.3 Å². The Morgan fingerprint density at radius 2 is 1.60 bits per heavy atom. The van der Waals surface area contributed by atoms with E-state index in [2.05, 4.69) is 0 Å². The van der Waals surface area contributed by atoms with Gasteiger partial charge in [-0.05, 0) is 30.3 Å². The lowest BCUT2D eigenvalue weighted by Crippen LogP contribution is -2.14. The molecule has 0 saturated carbocycles. The molecule has 0 aliphatic rings. The maximum atomic E-state index is 13.6. The summed E-state index contributed by atoms with van der Waals surface area (Å²) in [5.74, 6) is -3.39. The van der Waals surface area contributed by atoms with Gasteiger partial charge in [-0.25, -0.2) is 21.6 Å². The first-order valence-electron chi connectivity index (χ1n) is 5.22. The molecule has 2 rings (SSSR count). The normalized spacial score (nSPS) is 11.4. The summed E-state index contributed by atoms with van der Waals surface area (Å²) in [6, 6.07) is 5.43. The highest BCUT2D eigenvalue weighted by atomic mass is 35.5. The summed E-state index contributed by atoms with van der Waals surface area (Å²) < 4.78 is 65.1. The Morgan fingerprint density at radius 3 is 2.20 bits per heavy atom. The number of benzene rings is 2. The molecule has 2 aromatic rings. The summed E-state index contributed by atoms with van der Waals surface area (Å²) >= 11 is 5.52. The van der Waals surface area contributed by atoms with Crippen LogP contribution in [0, 0.1) is 17.5 Å². The first-order chi connectivity index (χ1) is 9.29. The molecule has 2 aromatic carbocycles. The minimum Gasteiger partial charge on any atom is -0.279 e. The van der Waals surface area contributed by atoms with Crippen LogP contribution in [-0.2, 0) is 10.0 Å². The topological polar surface area (TPSA) is 46.2 Å². The highest BCUT2D eigenvalue weighted by Gasteiger charge is 2.19. The largest absolute Gasteiger partial charge is 0.279 e. The van der Waals surface area contributed by atoms with Gasteiger partial charge in [0, 0.05) is 11.1 Å². The Morgan fingerprint density at radius 1 is 0.900 bits per heavy atom. The lowest BCUT2D eigenvalue weighted by Gasteiger charge is -2.09. The van der Waals surface area contributed by atoms with E-state index in [4.69, 9.17) is 11.6 Å². The third kappa shape index (κ3) is 3.05. The minimum atomic E-state index is -4.26. The number of hydrogen-bond acceptors (Lipinski definition) is 2. The van der Waals surface area contributed by atoms with Gasteiger partial charge in [-0.1, -0.05) is 11.6 Å². The van der Waals surface area contributed by atoms with Crippen molar-refractivity contribution in [3.8, 4) is 0 Å². The standard InChI is InChI=1S/C12H7ClF3NO2S/c13-7-1-4-12(11(16)5-7)20(18,19)17-8-2-3-9(14)10(15)6-8/h1-6,17H. The molecule has 0 atom stereocenters. The fourth-order valence-electron chi connectivity index (χ4n) is 1.46. The highest BCUT2D eigenvalue weighted by Crippen LogP contribution is 2.22. The number of halogens is 4. The van der Waals surface area contributed by atoms with Crippen LogP contribution in [0.25, 0.3) is 0 Å². The molecule has 8 heteroatoms. The zero-order valence-corrected chi connectivity index (χ0v) is 11.3. The summed E-state index contributed by atoms with van der Waals surface area (Å²) in [5, 5.41) is 0.0364. The van der Waals surface area contributed by atoms with Crippen LogP contribution < -0.4 is 4.72 Å². The number of sulfonamides is 1. The third-order valence-electron chi connectivity index (χ3n) is 2.36. The van der Waals surface area contributed by atoms with Gasteiger partial charge in [0.05, 0.1) is 5.69 Å². The van der Waals surface area contributed by atoms with Crippen molar-refractivity contribution in [3.05, 3.63) is 58.9 Å². The van der Waals surface area contributed by atoms with Crippen LogP contribution in [0.5, 0.6) is 0 Å². The van der Waals surface area contributed by atoms with Crippen molar-refractivity contribution in [3.63, 3.8) is 0 Å². The van der Waals surface area contributed by atoms with Gasteiger partial charge in [-0.3, -0.25) is 4.72 Å². The molecular formula is C12H7ClF3NO2S. The van der Waals surface area contributed by atoms with E-state index < -0.39 is 32.4 Å². The quantitative estimate of drug-likeness (QED) is 0.939. The molecule has 0 aromatic heterocycles. The van der Waals surface area contributed by atoms with E-state index in [0.29, 0.717) is 6.07 Å². The summed E-state index contributed by atoms with van der Waals surface area (Å²) in [5.41, 5.74) is -0.224. The van der Waals surface area contributed by atoms with Crippen molar-refractivity contribution in [2.75, 3.05) is 4.72 Å². The van der Waals surface area contributed by atoms with Crippen LogP contribution in [-0.4, -0.2) is 8.42 Å². The number of rotatable bonds is 3. The molecule has 0 amide bonds. The summed E-state index contributed by atoms with van der Waals surface area (Å²) in [7, 11) is -4.26. The van der Waals surface area contributed by atoms with Crippen LogP contribution in [0.1, 0.15) is 0 Å². The van der Waals surface area contributed by atoms with Gasteiger partial charge >= 0.3 is 0 Å². The van der Waals surface area contributed by atoms with Gasteiger partial charge in [0.2, 0.25) is 0 Å². The van der Waals surface area contributed by atoms with Crippen LogP contribution in [0.4, 0.5) is 18.9 Å². The summed E-state index contributed by atoms with van der Waals surface area (Å²) in [6.07, 6.45) is 0. The van der Waals surface area contributed by atoms with Crippen LogP contribution in [0.3, 0.4) is 0 Å². The molecule has 0 saturated heterocycles. The Balaban J connectivity index is 2.38. The smallest absolute Gasteiger partial charge is 0.264 e. The second-order valence-corrected chi connectivity index (χ2v) is 5.90. The molecule has 0 radical (unpaired) electrons. The first kappa shape index (κ1) is 14.7. The van der Waals surface area contributed by atoms with Gasteiger partial charge in [0.1, 0.15) is 10.7 Å². The first-order valence-corrected chi connectivity index (χ1v) is 7.08. The predicted molar refractivity (Wildman–Crippen MR) is 68.6 cm³/mol. The number of anilines is 1. The zero-order chi connectivity index (χ0) is 14.9. The van der Waals surface area contributed by atoms with Gasteiger partial charge in [0.15, 0.2) is 11.6 Å². The van der Waals surface area contributed by atoms with Gasteiger partial charge in [0.25, 0.3) is 10.0 Å². The zero-order valence-electron chi connectivity index (χ0n) is 9.70. The van der Waals surface area contributed by atoms with Crippen LogP contribution >= 0.6 is 11.6 Å². The number of nitrogens with one attached hydrogen (secondary N) is 1. The summed E-state index contributed by atoms with van der Waals surface area (Å²) in [4.78, 5) is -0.647. The Bertz CT molecular complexity index is 765. The molecule has 0 heterocycles. The van der Waals surface area contributed by atoms with Crippen molar-refractivity contribution in [1.82, 2.24) is 0 Å². The molecule has 3 nitrogen and oxygen atoms in total.